The molecular formula is C9H11BrN4. The summed E-state index contributed by atoms with van der Waals surface area (Å²) in [6.45, 7) is 6.32. The molecule has 0 fully saturated rings. The van der Waals surface area contributed by atoms with Gasteiger partial charge < -0.3 is 4.57 Å². The molecule has 0 aliphatic heterocycles. The third kappa shape index (κ3) is 1.52. The monoisotopic (exact) mass is 254 g/mol. The molecule has 2 heterocycles. The number of halogens is 1. The molecule has 0 aromatic carbocycles. The van der Waals surface area contributed by atoms with Crippen molar-refractivity contribution in [3.63, 3.8) is 0 Å². The molecule has 0 amide bonds. The van der Waals surface area contributed by atoms with Crippen LogP contribution in [-0.4, -0.2) is 19.5 Å². The molecule has 14 heavy (non-hydrogen) atoms. The quantitative estimate of drug-likeness (QED) is 0.725. The summed E-state index contributed by atoms with van der Waals surface area (Å²) in [5, 5.41) is 0. The van der Waals surface area contributed by atoms with E-state index < -0.39 is 0 Å². The lowest BCUT2D eigenvalue weighted by Crippen LogP contribution is -2.21. The van der Waals surface area contributed by atoms with Gasteiger partial charge in [-0.3, -0.25) is 0 Å². The molecule has 74 valence electrons. The lowest BCUT2D eigenvalue weighted by Gasteiger charge is -2.20. The van der Waals surface area contributed by atoms with Crippen molar-refractivity contribution in [1.29, 1.82) is 0 Å². The van der Waals surface area contributed by atoms with Crippen molar-refractivity contribution in [3.05, 3.63) is 17.1 Å². The minimum Gasteiger partial charge on any atom is -0.308 e. The van der Waals surface area contributed by atoms with Crippen LogP contribution in [0.4, 0.5) is 0 Å². The summed E-state index contributed by atoms with van der Waals surface area (Å²) < 4.78 is 2.75. The van der Waals surface area contributed by atoms with Gasteiger partial charge in [-0.15, -0.1) is 0 Å². The van der Waals surface area contributed by atoms with Crippen LogP contribution in [-0.2, 0) is 5.54 Å². The number of imidazole rings is 1. The van der Waals surface area contributed by atoms with Crippen LogP contribution in [0, 0.1) is 0 Å². The summed E-state index contributed by atoms with van der Waals surface area (Å²) in [4.78, 5) is 12.7. The molecule has 0 aliphatic rings. The lowest BCUT2D eigenvalue weighted by atomic mass is 10.1. The number of aromatic nitrogens is 4. The minimum absolute atomic E-state index is 0.0236. The molecule has 0 saturated heterocycles. The molecule has 5 heteroatoms. The van der Waals surface area contributed by atoms with Gasteiger partial charge in [-0.2, -0.15) is 0 Å². The Bertz CT molecular complexity index is 469. The predicted octanol–water partition coefficient (Wildman–Crippen LogP) is 2.34. The summed E-state index contributed by atoms with van der Waals surface area (Å²) in [5.41, 5.74) is 1.47. The zero-order valence-corrected chi connectivity index (χ0v) is 9.91. The Morgan fingerprint density at radius 3 is 2.64 bits per heavy atom. The number of hydrogen-bond acceptors (Lipinski definition) is 3. The Kier molecular flexibility index (Phi) is 2.06. The van der Waals surface area contributed by atoms with Crippen LogP contribution in [0.1, 0.15) is 20.8 Å². The van der Waals surface area contributed by atoms with Crippen LogP contribution < -0.4 is 0 Å². The Morgan fingerprint density at radius 1 is 1.29 bits per heavy atom. The molecule has 0 atom stereocenters. The Morgan fingerprint density at radius 2 is 2.00 bits per heavy atom. The van der Waals surface area contributed by atoms with E-state index in [1.165, 1.54) is 0 Å². The molecule has 0 N–H and O–H groups in total. The molecular weight excluding hydrogens is 244 g/mol. The van der Waals surface area contributed by atoms with E-state index in [1.807, 2.05) is 4.57 Å². The number of fused-ring (bicyclic) bond motifs is 1. The second-order valence-corrected chi connectivity index (χ2v) is 4.94. The van der Waals surface area contributed by atoms with Gasteiger partial charge >= 0.3 is 0 Å². The molecule has 2 aromatic rings. The van der Waals surface area contributed by atoms with E-state index in [9.17, 15) is 0 Å². The largest absolute Gasteiger partial charge is 0.308 e. The molecule has 0 saturated carbocycles. The van der Waals surface area contributed by atoms with Gasteiger partial charge in [-0.25, -0.2) is 15.0 Å². The first kappa shape index (κ1) is 9.58. The zero-order chi connectivity index (χ0) is 10.3. The highest BCUT2D eigenvalue weighted by atomic mass is 79.9. The maximum Gasteiger partial charge on any atom is 0.197 e. The van der Waals surface area contributed by atoms with E-state index in [2.05, 4.69) is 51.7 Å². The summed E-state index contributed by atoms with van der Waals surface area (Å²) in [5.74, 6) is 0. The average Bonchev–Trinajstić information content (AvgIpc) is 2.45. The second kappa shape index (κ2) is 3.02. The highest BCUT2D eigenvalue weighted by molar-refractivity contribution is 9.10. The minimum atomic E-state index is -0.0236. The zero-order valence-electron chi connectivity index (χ0n) is 8.32. The maximum absolute atomic E-state index is 4.36. The molecule has 0 radical (unpaired) electrons. The van der Waals surface area contributed by atoms with Crippen molar-refractivity contribution in [3.8, 4) is 0 Å². The van der Waals surface area contributed by atoms with Crippen LogP contribution in [0.3, 0.4) is 0 Å². The van der Waals surface area contributed by atoms with Crippen LogP contribution in [0.25, 0.3) is 11.3 Å². The number of rotatable bonds is 0. The molecule has 2 rings (SSSR count). The standard InChI is InChI=1S/C9H11BrN4/c1-9(2,3)14-5-12-7-8(14)13-6(10)4-11-7/h4-5H,1-3H3. The van der Waals surface area contributed by atoms with Crippen molar-refractivity contribution in [1.82, 2.24) is 19.5 Å². The van der Waals surface area contributed by atoms with Crippen LogP contribution in [0.15, 0.2) is 17.1 Å². The SMILES string of the molecule is CC(C)(C)n1cnc2ncc(Br)nc21. The summed E-state index contributed by atoms with van der Waals surface area (Å²) in [7, 11) is 0. The molecule has 0 aliphatic carbocycles. The number of nitrogens with zero attached hydrogens (tertiary/aromatic N) is 4. The van der Waals surface area contributed by atoms with Gasteiger partial charge in [0.25, 0.3) is 0 Å². The molecule has 4 nitrogen and oxygen atoms in total. The van der Waals surface area contributed by atoms with Gasteiger partial charge in [0, 0.05) is 5.54 Å². The summed E-state index contributed by atoms with van der Waals surface area (Å²) >= 11 is 3.30. The van der Waals surface area contributed by atoms with Gasteiger partial charge in [-0.05, 0) is 36.7 Å². The molecule has 0 spiro atoms. The van der Waals surface area contributed by atoms with E-state index in [0.717, 1.165) is 10.3 Å². The highest BCUT2D eigenvalue weighted by Gasteiger charge is 2.17. The second-order valence-electron chi connectivity index (χ2n) is 4.13. The lowest BCUT2D eigenvalue weighted by molar-refractivity contribution is 0.406. The van der Waals surface area contributed by atoms with Crippen LogP contribution >= 0.6 is 15.9 Å². The van der Waals surface area contributed by atoms with Gasteiger partial charge in [-0.1, -0.05) is 0 Å². The van der Waals surface area contributed by atoms with Crippen LogP contribution in [0.5, 0.6) is 0 Å². The average molecular weight is 255 g/mol. The van der Waals surface area contributed by atoms with Gasteiger partial charge in [0.05, 0.1) is 12.5 Å². The van der Waals surface area contributed by atoms with Gasteiger partial charge in [0.15, 0.2) is 11.3 Å². The number of hydrogen-bond donors (Lipinski definition) is 0. The first-order valence-corrected chi connectivity index (χ1v) is 5.14. The van der Waals surface area contributed by atoms with Crippen molar-refractivity contribution in [2.45, 2.75) is 26.3 Å². The summed E-state index contributed by atoms with van der Waals surface area (Å²) in [6.07, 6.45) is 3.43. The van der Waals surface area contributed by atoms with Gasteiger partial charge in [0.1, 0.15) is 4.60 Å². The van der Waals surface area contributed by atoms with Crippen LogP contribution in [0.2, 0.25) is 0 Å². The normalized spacial score (nSPS) is 12.3. The Labute approximate surface area is 90.5 Å². The fourth-order valence-corrected chi connectivity index (χ4v) is 1.53. The highest BCUT2D eigenvalue weighted by Crippen LogP contribution is 2.20. The van der Waals surface area contributed by atoms with Gasteiger partial charge in [0.2, 0.25) is 0 Å². The van der Waals surface area contributed by atoms with E-state index in [1.54, 1.807) is 12.5 Å². The first-order valence-electron chi connectivity index (χ1n) is 4.34. The molecule has 2 aromatic heterocycles. The van der Waals surface area contributed by atoms with E-state index in [-0.39, 0.29) is 5.54 Å². The Hall–Kier alpha value is -0.970. The maximum atomic E-state index is 4.36. The summed E-state index contributed by atoms with van der Waals surface area (Å²) in [6, 6.07) is 0. The topological polar surface area (TPSA) is 43.6 Å². The smallest absolute Gasteiger partial charge is 0.197 e. The van der Waals surface area contributed by atoms with Crippen molar-refractivity contribution >= 4 is 27.2 Å². The first-order chi connectivity index (χ1) is 6.48. The van der Waals surface area contributed by atoms with Crippen molar-refractivity contribution in [2.75, 3.05) is 0 Å². The predicted molar refractivity (Wildman–Crippen MR) is 58.0 cm³/mol. The van der Waals surface area contributed by atoms with E-state index in [4.69, 9.17) is 0 Å². The van der Waals surface area contributed by atoms with E-state index >= 15 is 0 Å². The molecule has 0 bridgehead atoms. The fraction of sp³-hybridized carbons (Fsp3) is 0.444. The third-order valence-electron chi connectivity index (χ3n) is 1.95. The van der Waals surface area contributed by atoms with E-state index in [0.29, 0.717) is 5.65 Å². The third-order valence-corrected chi connectivity index (χ3v) is 2.33. The van der Waals surface area contributed by atoms with Crippen molar-refractivity contribution < 1.29 is 0 Å². The Balaban J connectivity index is 2.73. The molecule has 0 unspecified atom stereocenters. The van der Waals surface area contributed by atoms with Crippen molar-refractivity contribution in [2.24, 2.45) is 0 Å². The fourth-order valence-electron chi connectivity index (χ4n) is 1.26.